The van der Waals surface area contributed by atoms with Crippen LogP contribution >= 0.6 is 0 Å². The molecule has 6 heteroatoms. The van der Waals surface area contributed by atoms with Crippen molar-refractivity contribution in [2.45, 2.75) is 26.3 Å². The lowest BCUT2D eigenvalue weighted by molar-refractivity contribution is 0.0939. The van der Waals surface area contributed by atoms with Gasteiger partial charge in [-0.1, -0.05) is 18.5 Å². The maximum Gasteiger partial charge on any atom is 0.268 e. The summed E-state index contributed by atoms with van der Waals surface area (Å²) in [7, 11) is 1.73. The number of carbonyl (C=O) groups excluding carboxylic acids is 1. The van der Waals surface area contributed by atoms with Crippen molar-refractivity contribution in [3.05, 3.63) is 41.0 Å². The lowest BCUT2D eigenvalue weighted by atomic mass is 10.2. The topological polar surface area (TPSA) is 83.9 Å². The molecule has 0 aromatic carbocycles. The summed E-state index contributed by atoms with van der Waals surface area (Å²) in [5.41, 5.74) is 1.79. The van der Waals surface area contributed by atoms with Crippen LogP contribution in [-0.2, 0) is 20.0 Å². The van der Waals surface area contributed by atoms with Crippen LogP contribution in [0.25, 0.3) is 0 Å². The highest BCUT2D eigenvalue weighted by molar-refractivity contribution is 5.93. The van der Waals surface area contributed by atoms with Crippen molar-refractivity contribution in [1.82, 2.24) is 15.0 Å². The lowest BCUT2D eigenvalue weighted by Gasteiger charge is -2.03. The molecule has 1 amide bonds. The summed E-state index contributed by atoms with van der Waals surface area (Å²) in [5.74, 6) is 0.374. The first kappa shape index (κ1) is 13.9. The molecule has 0 aliphatic carbocycles. The molecule has 0 bridgehead atoms. The van der Waals surface area contributed by atoms with Gasteiger partial charge in [0, 0.05) is 19.3 Å². The first-order valence-electron chi connectivity index (χ1n) is 6.43. The number of aryl methyl sites for hydroxylation is 2. The fraction of sp³-hybridized carbons (Fsp3) is 0.357. The zero-order valence-corrected chi connectivity index (χ0v) is 11.5. The van der Waals surface area contributed by atoms with Crippen LogP contribution in [0, 0.1) is 11.3 Å². The van der Waals surface area contributed by atoms with Gasteiger partial charge in [-0.2, -0.15) is 5.26 Å². The summed E-state index contributed by atoms with van der Waals surface area (Å²) < 4.78 is 6.76. The van der Waals surface area contributed by atoms with Gasteiger partial charge in [-0.15, -0.1) is 0 Å². The number of aromatic nitrogens is 2. The molecular formula is C14H16N4O2. The first-order chi connectivity index (χ1) is 9.63. The average Bonchev–Trinajstić information content (AvgIpc) is 3.03. The third-order valence-corrected chi connectivity index (χ3v) is 2.90. The van der Waals surface area contributed by atoms with E-state index in [0.29, 0.717) is 17.0 Å². The number of nitrogens with one attached hydrogen (secondary N) is 1. The molecule has 1 N–H and O–H groups in total. The summed E-state index contributed by atoms with van der Waals surface area (Å²) >= 11 is 0. The second-order valence-corrected chi connectivity index (χ2v) is 4.55. The van der Waals surface area contributed by atoms with Gasteiger partial charge in [0.2, 0.25) is 0 Å². The van der Waals surface area contributed by atoms with Gasteiger partial charge in [0.25, 0.3) is 5.91 Å². The average molecular weight is 272 g/mol. The Morgan fingerprint density at radius 1 is 1.55 bits per heavy atom. The Bertz CT molecular complexity index is 648. The molecule has 2 aromatic rings. The van der Waals surface area contributed by atoms with E-state index in [9.17, 15) is 4.79 Å². The van der Waals surface area contributed by atoms with E-state index in [0.717, 1.165) is 18.5 Å². The van der Waals surface area contributed by atoms with Crippen LogP contribution in [0.3, 0.4) is 0 Å². The van der Waals surface area contributed by atoms with Gasteiger partial charge in [0.1, 0.15) is 11.8 Å². The Balaban J connectivity index is 1.97. The van der Waals surface area contributed by atoms with E-state index in [2.05, 4.69) is 17.4 Å². The van der Waals surface area contributed by atoms with Crippen molar-refractivity contribution in [3.8, 4) is 6.07 Å². The maximum atomic E-state index is 12.0. The second kappa shape index (κ2) is 6.06. The number of nitriles is 1. The highest BCUT2D eigenvalue weighted by Crippen LogP contribution is 2.08. The number of nitrogens with zero attached hydrogens (tertiary/aromatic N) is 3. The van der Waals surface area contributed by atoms with Crippen LogP contribution in [0.1, 0.15) is 40.9 Å². The third-order valence-electron chi connectivity index (χ3n) is 2.90. The standard InChI is InChI=1S/C14H16N4O2/c1-3-4-11-6-12(20-17-11)8-16-14(19)13-5-10(7-15)9-18(13)2/h5-6,9H,3-4,8H2,1-2H3,(H,16,19). The molecule has 0 unspecified atom stereocenters. The van der Waals surface area contributed by atoms with Gasteiger partial charge in [-0.05, 0) is 12.5 Å². The first-order valence-corrected chi connectivity index (χ1v) is 6.43. The molecule has 0 radical (unpaired) electrons. The normalized spacial score (nSPS) is 10.2. The zero-order chi connectivity index (χ0) is 14.5. The number of amides is 1. The van der Waals surface area contributed by atoms with Crippen LogP contribution < -0.4 is 5.32 Å². The SMILES string of the molecule is CCCc1cc(CNC(=O)c2cc(C#N)cn2C)on1. The largest absolute Gasteiger partial charge is 0.359 e. The van der Waals surface area contributed by atoms with Crippen molar-refractivity contribution in [1.29, 1.82) is 5.26 Å². The van der Waals surface area contributed by atoms with Gasteiger partial charge in [-0.3, -0.25) is 4.79 Å². The molecule has 2 heterocycles. The number of hydrogen-bond donors (Lipinski definition) is 1. The molecule has 0 aliphatic heterocycles. The molecule has 0 saturated heterocycles. The maximum absolute atomic E-state index is 12.0. The summed E-state index contributed by atoms with van der Waals surface area (Å²) in [5, 5.41) is 15.5. The van der Waals surface area contributed by atoms with Gasteiger partial charge in [0.05, 0.1) is 17.8 Å². The van der Waals surface area contributed by atoms with E-state index in [-0.39, 0.29) is 12.5 Å². The summed E-state index contributed by atoms with van der Waals surface area (Å²) in [6.07, 6.45) is 3.47. The van der Waals surface area contributed by atoms with Crippen molar-refractivity contribution in [2.75, 3.05) is 0 Å². The van der Waals surface area contributed by atoms with Crippen molar-refractivity contribution in [3.63, 3.8) is 0 Å². The predicted octanol–water partition coefficient (Wildman–Crippen LogP) is 1.77. The van der Waals surface area contributed by atoms with E-state index in [1.54, 1.807) is 23.9 Å². The molecule has 104 valence electrons. The Labute approximate surface area is 117 Å². The van der Waals surface area contributed by atoms with E-state index < -0.39 is 0 Å². The molecule has 0 saturated carbocycles. The monoisotopic (exact) mass is 272 g/mol. The molecular weight excluding hydrogens is 256 g/mol. The molecule has 0 fully saturated rings. The highest BCUT2D eigenvalue weighted by Gasteiger charge is 2.12. The van der Waals surface area contributed by atoms with Gasteiger partial charge >= 0.3 is 0 Å². The van der Waals surface area contributed by atoms with Crippen LogP contribution in [-0.4, -0.2) is 15.6 Å². The third kappa shape index (κ3) is 3.06. The van der Waals surface area contributed by atoms with Crippen molar-refractivity contribution in [2.24, 2.45) is 7.05 Å². The van der Waals surface area contributed by atoms with E-state index in [1.165, 1.54) is 0 Å². The Morgan fingerprint density at radius 2 is 2.35 bits per heavy atom. The fourth-order valence-corrected chi connectivity index (χ4v) is 1.92. The van der Waals surface area contributed by atoms with Crippen molar-refractivity contribution >= 4 is 5.91 Å². The van der Waals surface area contributed by atoms with Gasteiger partial charge in [0.15, 0.2) is 5.76 Å². The van der Waals surface area contributed by atoms with Gasteiger partial charge < -0.3 is 14.4 Å². The quantitative estimate of drug-likeness (QED) is 0.899. The minimum absolute atomic E-state index is 0.248. The molecule has 6 nitrogen and oxygen atoms in total. The molecule has 20 heavy (non-hydrogen) atoms. The minimum Gasteiger partial charge on any atom is -0.359 e. The van der Waals surface area contributed by atoms with Crippen LogP contribution in [0.15, 0.2) is 22.9 Å². The fourth-order valence-electron chi connectivity index (χ4n) is 1.92. The van der Waals surface area contributed by atoms with Crippen LogP contribution in [0.4, 0.5) is 0 Å². The van der Waals surface area contributed by atoms with E-state index in [1.807, 2.05) is 12.1 Å². The Hall–Kier alpha value is -2.55. The molecule has 0 spiro atoms. The lowest BCUT2D eigenvalue weighted by Crippen LogP contribution is -2.24. The summed E-state index contributed by atoms with van der Waals surface area (Å²) in [4.78, 5) is 12.0. The predicted molar refractivity (Wildman–Crippen MR) is 71.8 cm³/mol. The number of hydrogen-bond acceptors (Lipinski definition) is 4. The highest BCUT2D eigenvalue weighted by atomic mass is 16.5. The van der Waals surface area contributed by atoms with E-state index >= 15 is 0 Å². The smallest absolute Gasteiger partial charge is 0.268 e. The number of carbonyl (C=O) groups is 1. The molecule has 2 rings (SSSR count). The van der Waals surface area contributed by atoms with Gasteiger partial charge in [-0.25, -0.2) is 0 Å². The zero-order valence-electron chi connectivity index (χ0n) is 11.5. The molecule has 2 aromatic heterocycles. The molecule has 0 atom stereocenters. The summed E-state index contributed by atoms with van der Waals surface area (Å²) in [6, 6.07) is 5.40. The minimum atomic E-state index is -0.248. The van der Waals surface area contributed by atoms with Crippen molar-refractivity contribution < 1.29 is 9.32 Å². The van der Waals surface area contributed by atoms with Crippen LogP contribution in [0.5, 0.6) is 0 Å². The molecule has 0 aliphatic rings. The van der Waals surface area contributed by atoms with Crippen LogP contribution in [0.2, 0.25) is 0 Å². The van der Waals surface area contributed by atoms with E-state index in [4.69, 9.17) is 9.78 Å². The summed E-state index contributed by atoms with van der Waals surface area (Å²) in [6.45, 7) is 2.35. The second-order valence-electron chi connectivity index (χ2n) is 4.55. The Morgan fingerprint density at radius 3 is 3.00 bits per heavy atom. The number of rotatable bonds is 5. The Kier molecular flexibility index (Phi) is 4.20.